The van der Waals surface area contributed by atoms with Gasteiger partial charge in [-0.25, -0.2) is 16.8 Å². The fraction of sp³-hybridized carbons (Fsp3) is 0.500. The lowest BCUT2D eigenvalue weighted by atomic mass is 10.3. The molecule has 2 rings (SSSR count). The normalized spacial score (nSPS) is 17.2. The Bertz CT molecular complexity index is 796. The third-order valence-corrected chi connectivity index (χ3v) is 6.31. The van der Waals surface area contributed by atoms with Crippen LogP contribution in [0.3, 0.4) is 0 Å². The molecule has 9 heteroatoms. The maximum atomic E-state index is 12.4. The van der Waals surface area contributed by atoms with Crippen LogP contribution in [0.4, 0.5) is 0 Å². The van der Waals surface area contributed by atoms with Gasteiger partial charge in [0.1, 0.15) is 0 Å². The molecule has 0 bridgehead atoms. The van der Waals surface area contributed by atoms with Crippen LogP contribution < -0.4 is 4.72 Å². The minimum absolute atomic E-state index is 0.0844. The van der Waals surface area contributed by atoms with Crippen LogP contribution in [0.2, 0.25) is 0 Å². The molecule has 1 amide bonds. The Kier molecular flexibility index (Phi) is 5.12. The van der Waals surface area contributed by atoms with Crippen LogP contribution >= 0.6 is 0 Å². The molecule has 1 aliphatic rings. The molecular weight excluding hydrogens is 340 g/mol. The average Bonchev–Trinajstić information content (AvgIpc) is 2.99. The van der Waals surface area contributed by atoms with Crippen molar-refractivity contribution in [3.8, 4) is 0 Å². The van der Waals surface area contributed by atoms with Crippen molar-refractivity contribution in [1.82, 2.24) is 9.62 Å². The molecule has 0 unspecified atom stereocenters. The molecule has 1 N–H and O–H groups in total. The van der Waals surface area contributed by atoms with Gasteiger partial charge in [-0.05, 0) is 38.0 Å². The first-order valence-corrected chi connectivity index (χ1v) is 10.6. The highest BCUT2D eigenvalue weighted by Gasteiger charge is 2.27. The van der Waals surface area contributed by atoms with Crippen LogP contribution in [0, 0.1) is 0 Å². The summed E-state index contributed by atoms with van der Waals surface area (Å²) in [6, 6.07) is 4.17. The Labute approximate surface area is 136 Å². The van der Waals surface area contributed by atoms with Crippen LogP contribution in [-0.2, 0) is 24.7 Å². The average molecular weight is 360 g/mol. The fourth-order valence-corrected chi connectivity index (χ4v) is 4.42. The summed E-state index contributed by atoms with van der Waals surface area (Å²) in [5, 5.41) is 0. The molecule has 0 saturated carbocycles. The third kappa shape index (κ3) is 4.30. The van der Waals surface area contributed by atoms with E-state index in [4.69, 9.17) is 0 Å². The molecule has 1 saturated heterocycles. The number of likely N-dealkylation sites (tertiary alicyclic amines) is 1. The number of rotatable bonds is 5. The number of benzene rings is 1. The zero-order valence-electron chi connectivity index (χ0n) is 13.0. The van der Waals surface area contributed by atoms with E-state index in [-0.39, 0.29) is 15.7 Å². The molecule has 0 spiro atoms. The molecule has 1 atom stereocenters. The van der Waals surface area contributed by atoms with Gasteiger partial charge in [0.05, 0.1) is 15.8 Å². The number of amides is 1. The molecule has 1 heterocycles. The van der Waals surface area contributed by atoms with E-state index in [0.29, 0.717) is 13.1 Å². The molecule has 0 aromatic heterocycles. The second-order valence-corrected chi connectivity index (χ2v) is 9.35. The molecule has 0 radical (unpaired) electrons. The van der Waals surface area contributed by atoms with Gasteiger partial charge < -0.3 is 4.90 Å². The van der Waals surface area contributed by atoms with E-state index in [9.17, 15) is 21.6 Å². The Morgan fingerprint density at radius 2 is 1.70 bits per heavy atom. The molecule has 1 aromatic carbocycles. The van der Waals surface area contributed by atoms with E-state index >= 15 is 0 Å². The lowest BCUT2D eigenvalue weighted by molar-refractivity contribution is -0.131. The van der Waals surface area contributed by atoms with Crippen molar-refractivity contribution < 1.29 is 21.6 Å². The molecule has 0 aliphatic carbocycles. The van der Waals surface area contributed by atoms with Crippen molar-refractivity contribution in [1.29, 1.82) is 0 Å². The number of sulfone groups is 1. The number of nitrogens with one attached hydrogen (secondary N) is 1. The quantitative estimate of drug-likeness (QED) is 0.818. The van der Waals surface area contributed by atoms with Crippen LogP contribution in [0.25, 0.3) is 0 Å². The number of hydrogen-bond acceptors (Lipinski definition) is 5. The van der Waals surface area contributed by atoms with E-state index in [1.165, 1.54) is 25.1 Å². The molecule has 1 fully saturated rings. The van der Waals surface area contributed by atoms with Crippen molar-refractivity contribution >= 4 is 25.8 Å². The zero-order valence-corrected chi connectivity index (χ0v) is 14.7. The number of carbonyl (C=O) groups is 1. The van der Waals surface area contributed by atoms with Gasteiger partial charge >= 0.3 is 0 Å². The summed E-state index contributed by atoms with van der Waals surface area (Å²) < 4.78 is 50.1. The van der Waals surface area contributed by atoms with Gasteiger partial charge in [-0.3, -0.25) is 4.79 Å². The molecule has 1 aromatic rings. The van der Waals surface area contributed by atoms with E-state index in [0.717, 1.165) is 25.2 Å². The Balaban J connectivity index is 2.20. The minimum atomic E-state index is -3.98. The van der Waals surface area contributed by atoms with E-state index in [1.807, 2.05) is 0 Å². The molecule has 1 aliphatic heterocycles. The van der Waals surface area contributed by atoms with Crippen LogP contribution in [0.1, 0.15) is 19.8 Å². The van der Waals surface area contributed by atoms with Crippen molar-refractivity contribution in [2.75, 3.05) is 19.3 Å². The summed E-state index contributed by atoms with van der Waals surface area (Å²) in [5.41, 5.74) is 0. The second-order valence-electron chi connectivity index (χ2n) is 5.62. The van der Waals surface area contributed by atoms with Gasteiger partial charge in [-0.15, -0.1) is 0 Å². The number of nitrogens with zero attached hydrogens (tertiary/aromatic N) is 1. The predicted molar refractivity (Wildman–Crippen MR) is 85.1 cm³/mol. The maximum Gasteiger partial charge on any atom is 0.241 e. The van der Waals surface area contributed by atoms with E-state index < -0.39 is 25.9 Å². The minimum Gasteiger partial charge on any atom is -0.341 e. The van der Waals surface area contributed by atoms with Gasteiger partial charge in [0, 0.05) is 19.3 Å². The number of sulfonamides is 1. The second kappa shape index (κ2) is 6.58. The fourth-order valence-electron chi connectivity index (χ4n) is 2.43. The summed E-state index contributed by atoms with van der Waals surface area (Å²) >= 11 is 0. The lowest BCUT2D eigenvalue weighted by Crippen LogP contribution is -2.45. The predicted octanol–water partition coefficient (Wildman–Crippen LogP) is 0.379. The Hall–Kier alpha value is -1.45. The number of carbonyl (C=O) groups excluding carboxylic acids is 1. The molecule has 128 valence electrons. The van der Waals surface area contributed by atoms with E-state index in [2.05, 4.69) is 4.72 Å². The van der Waals surface area contributed by atoms with Gasteiger partial charge in [-0.1, -0.05) is 6.07 Å². The van der Waals surface area contributed by atoms with Crippen LogP contribution in [-0.4, -0.2) is 53.0 Å². The first-order valence-electron chi connectivity index (χ1n) is 7.22. The van der Waals surface area contributed by atoms with Gasteiger partial charge in [-0.2, -0.15) is 4.72 Å². The number of hydrogen-bond donors (Lipinski definition) is 1. The van der Waals surface area contributed by atoms with Crippen molar-refractivity contribution in [2.45, 2.75) is 35.6 Å². The molecular formula is C14H20N2O5S2. The SMILES string of the molecule is C[C@@H](NS(=O)(=O)c1cccc(S(C)(=O)=O)c1)C(=O)N1CCCC1. The summed E-state index contributed by atoms with van der Waals surface area (Å²) in [6.45, 7) is 2.75. The monoisotopic (exact) mass is 360 g/mol. The topological polar surface area (TPSA) is 101 Å². The first kappa shape index (κ1) is 17.9. The Morgan fingerprint density at radius 3 is 2.26 bits per heavy atom. The summed E-state index contributed by atoms with van der Waals surface area (Å²) in [6.07, 6.45) is 2.84. The largest absolute Gasteiger partial charge is 0.341 e. The molecule has 7 nitrogen and oxygen atoms in total. The van der Waals surface area contributed by atoms with Crippen molar-refractivity contribution in [3.05, 3.63) is 24.3 Å². The highest BCUT2D eigenvalue weighted by Crippen LogP contribution is 2.16. The first-order chi connectivity index (χ1) is 10.6. The summed E-state index contributed by atoms with van der Waals surface area (Å²) in [4.78, 5) is 13.5. The van der Waals surface area contributed by atoms with Gasteiger partial charge in [0.25, 0.3) is 0 Å². The molecule has 23 heavy (non-hydrogen) atoms. The lowest BCUT2D eigenvalue weighted by Gasteiger charge is -2.21. The third-order valence-electron chi connectivity index (χ3n) is 3.66. The summed E-state index contributed by atoms with van der Waals surface area (Å²) in [7, 11) is -7.49. The van der Waals surface area contributed by atoms with Gasteiger partial charge in [0.2, 0.25) is 15.9 Å². The standard InChI is InChI=1S/C14H20N2O5S2/c1-11(14(17)16-8-3-4-9-16)15-23(20,21)13-7-5-6-12(10-13)22(2,18)19/h5-7,10-11,15H,3-4,8-9H2,1-2H3/t11-/m1/s1. The van der Waals surface area contributed by atoms with Crippen molar-refractivity contribution in [2.24, 2.45) is 0 Å². The van der Waals surface area contributed by atoms with Crippen LogP contribution in [0.5, 0.6) is 0 Å². The van der Waals surface area contributed by atoms with E-state index in [1.54, 1.807) is 4.90 Å². The zero-order chi connectivity index (χ0) is 17.3. The highest BCUT2D eigenvalue weighted by molar-refractivity contribution is 7.91. The van der Waals surface area contributed by atoms with Crippen molar-refractivity contribution in [3.63, 3.8) is 0 Å². The van der Waals surface area contributed by atoms with Crippen LogP contribution in [0.15, 0.2) is 34.1 Å². The highest BCUT2D eigenvalue weighted by atomic mass is 32.2. The summed E-state index contributed by atoms with van der Waals surface area (Å²) in [5.74, 6) is -0.273. The smallest absolute Gasteiger partial charge is 0.241 e. The van der Waals surface area contributed by atoms with Gasteiger partial charge in [0.15, 0.2) is 9.84 Å². The Morgan fingerprint density at radius 1 is 1.13 bits per heavy atom. The maximum absolute atomic E-state index is 12.4.